The van der Waals surface area contributed by atoms with E-state index in [0.29, 0.717) is 12.3 Å². The molecular weight excluding hydrogens is 406 g/mol. The highest BCUT2D eigenvalue weighted by Gasteiger charge is 2.73. The maximum Gasteiger partial charge on any atom is 0.309 e. The lowest BCUT2D eigenvalue weighted by Crippen LogP contribution is -2.65. The first-order chi connectivity index (χ1) is 15.0. The number of amides is 2. The van der Waals surface area contributed by atoms with E-state index in [0.717, 1.165) is 32.1 Å². The van der Waals surface area contributed by atoms with Crippen molar-refractivity contribution < 1.29 is 24.6 Å². The van der Waals surface area contributed by atoms with Crippen LogP contribution in [0.25, 0.3) is 0 Å². The van der Waals surface area contributed by atoms with Crippen molar-refractivity contribution >= 4 is 17.8 Å². The van der Waals surface area contributed by atoms with Gasteiger partial charge in [-0.2, -0.15) is 0 Å². The normalized spacial score (nSPS) is 47.2. The lowest BCUT2D eigenvalue weighted by Gasteiger charge is -2.68. The van der Waals surface area contributed by atoms with E-state index in [1.165, 1.54) is 10.5 Å². The van der Waals surface area contributed by atoms with Crippen molar-refractivity contribution in [3.63, 3.8) is 0 Å². The van der Waals surface area contributed by atoms with Crippen molar-refractivity contribution in [1.29, 1.82) is 0 Å². The smallest absolute Gasteiger partial charge is 0.309 e. The highest BCUT2D eigenvalue weighted by atomic mass is 16.4. The molecule has 1 heterocycles. The Morgan fingerprint density at radius 2 is 1.88 bits per heavy atom. The second-order valence-electron chi connectivity index (χ2n) is 12.0. The zero-order valence-corrected chi connectivity index (χ0v) is 19.8. The monoisotopic (exact) mass is 443 g/mol. The number of hydrogen-bond acceptors (Lipinski definition) is 4. The van der Waals surface area contributed by atoms with Crippen LogP contribution in [0, 0.1) is 51.8 Å². The molecule has 0 aromatic rings. The summed E-state index contributed by atoms with van der Waals surface area (Å²) in [4.78, 5) is 40.7. The number of carboxylic acids is 1. The third kappa shape index (κ3) is 2.48. The molecule has 2 bridgehead atoms. The number of carbonyl (C=O) groups excluding carboxylic acids is 2. The molecule has 0 aromatic heterocycles. The number of aliphatic hydroxyl groups excluding tert-OH is 1. The summed E-state index contributed by atoms with van der Waals surface area (Å²) in [5.74, 6) is -0.918. The van der Waals surface area contributed by atoms with Gasteiger partial charge in [0.15, 0.2) is 0 Å². The van der Waals surface area contributed by atoms with Crippen molar-refractivity contribution in [3.05, 3.63) is 11.6 Å². The van der Waals surface area contributed by atoms with Gasteiger partial charge in [0.05, 0.1) is 30.4 Å². The molecule has 0 unspecified atom stereocenters. The van der Waals surface area contributed by atoms with E-state index >= 15 is 0 Å². The van der Waals surface area contributed by atoms with Crippen molar-refractivity contribution in [2.45, 2.75) is 66.2 Å². The van der Waals surface area contributed by atoms with Gasteiger partial charge in [0.25, 0.3) is 0 Å². The number of nitrogens with zero attached hydrogens (tertiary/aromatic N) is 1. The van der Waals surface area contributed by atoms with Crippen LogP contribution in [0.15, 0.2) is 11.6 Å². The first kappa shape index (κ1) is 22.1. The maximum absolute atomic E-state index is 13.6. The predicted octanol–water partition coefficient (Wildman–Crippen LogP) is 3.49. The highest BCUT2D eigenvalue weighted by Crippen LogP contribution is 2.74. The van der Waals surface area contributed by atoms with Crippen LogP contribution in [-0.4, -0.2) is 46.0 Å². The van der Waals surface area contributed by atoms with Gasteiger partial charge in [-0.05, 0) is 68.1 Å². The minimum Gasteiger partial charge on any atom is -0.481 e. The van der Waals surface area contributed by atoms with Gasteiger partial charge in [0.1, 0.15) is 0 Å². The molecular formula is C26H37NO5. The second kappa shape index (κ2) is 6.91. The van der Waals surface area contributed by atoms with Gasteiger partial charge in [0, 0.05) is 5.41 Å². The van der Waals surface area contributed by atoms with Gasteiger partial charge < -0.3 is 10.2 Å². The van der Waals surface area contributed by atoms with E-state index in [1.807, 2.05) is 6.92 Å². The van der Waals surface area contributed by atoms with Crippen LogP contribution in [0.1, 0.15) is 66.2 Å². The Morgan fingerprint density at radius 3 is 2.50 bits per heavy atom. The van der Waals surface area contributed by atoms with Crippen LogP contribution in [0.2, 0.25) is 0 Å². The Morgan fingerprint density at radius 1 is 1.16 bits per heavy atom. The molecule has 1 saturated heterocycles. The minimum atomic E-state index is -0.728. The summed E-state index contributed by atoms with van der Waals surface area (Å²) < 4.78 is 0. The van der Waals surface area contributed by atoms with E-state index in [1.54, 1.807) is 0 Å². The lowest BCUT2D eigenvalue weighted by molar-refractivity contribution is -0.194. The molecule has 176 valence electrons. The zero-order chi connectivity index (χ0) is 23.2. The van der Waals surface area contributed by atoms with Gasteiger partial charge in [-0.3, -0.25) is 19.3 Å². The molecule has 6 heteroatoms. The summed E-state index contributed by atoms with van der Waals surface area (Å²) in [6, 6.07) is 0. The Labute approximate surface area is 190 Å². The molecule has 1 spiro atoms. The quantitative estimate of drug-likeness (QED) is 0.512. The second-order valence-corrected chi connectivity index (χ2v) is 12.0. The van der Waals surface area contributed by atoms with Gasteiger partial charge in [-0.25, -0.2) is 0 Å². The molecule has 2 amide bonds. The molecule has 8 atom stereocenters. The summed E-state index contributed by atoms with van der Waals surface area (Å²) in [5.41, 5.74) is 0.0547. The molecule has 6 aliphatic rings. The molecule has 0 aromatic carbocycles. The molecule has 0 radical (unpaired) electrons. The topological polar surface area (TPSA) is 94.9 Å². The predicted molar refractivity (Wildman–Crippen MR) is 118 cm³/mol. The number of aliphatic hydroxyl groups is 1. The summed E-state index contributed by atoms with van der Waals surface area (Å²) >= 11 is 0. The van der Waals surface area contributed by atoms with Crippen LogP contribution < -0.4 is 0 Å². The van der Waals surface area contributed by atoms with Crippen LogP contribution in [0.4, 0.5) is 0 Å². The molecule has 32 heavy (non-hydrogen) atoms. The fraction of sp³-hybridized carbons (Fsp3) is 0.808. The number of β-amino-alcohol motifs (C(OH)–C–C–N with tert-alkyl or cyclic N) is 1. The lowest BCUT2D eigenvalue weighted by atomic mass is 9.34. The number of imide groups is 1. The van der Waals surface area contributed by atoms with E-state index in [9.17, 15) is 24.6 Å². The SMILES string of the molecule is CC(C)C1=C[C@@]23CC[C@H]4[C@](C)(CCC[C@@]4(C)C(=O)O)[C@@H]2C[C@@H]1[C@H]1C(=O)N(CCO)C(=O)[C@H]13. The van der Waals surface area contributed by atoms with E-state index in [2.05, 4.69) is 26.8 Å². The van der Waals surface area contributed by atoms with Crippen LogP contribution in [-0.2, 0) is 14.4 Å². The Bertz CT molecular complexity index is 910. The van der Waals surface area contributed by atoms with Gasteiger partial charge in [-0.1, -0.05) is 38.8 Å². The van der Waals surface area contributed by atoms with E-state index < -0.39 is 11.4 Å². The van der Waals surface area contributed by atoms with Crippen LogP contribution >= 0.6 is 0 Å². The molecule has 6 nitrogen and oxygen atoms in total. The van der Waals surface area contributed by atoms with Crippen LogP contribution in [0.5, 0.6) is 0 Å². The van der Waals surface area contributed by atoms with Crippen LogP contribution in [0.3, 0.4) is 0 Å². The number of carboxylic acid groups (broad SMARTS) is 1. The largest absolute Gasteiger partial charge is 0.481 e. The number of rotatable bonds is 4. The Balaban J connectivity index is 1.65. The third-order valence-electron chi connectivity index (χ3n) is 10.6. The standard InChI is InChI=1S/C26H37NO5/c1-14(2)16-13-26-9-6-17-24(3,7-5-8-25(17,4)23(31)32)18(26)12-15(16)19-20(26)22(30)27(10-11-28)21(19)29/h13-15,17-20,28H,5-12H2,1-4H3,(H,31,32)/t15-,17-,18-,19+,20-,24-,25+,26-/m0/s1. The molecule has 3 saturated carbocycles. The summed E-state index contributed by atoms with van der Waals surface area (Å²) in [5, 5.41) is 19.7. The van der Waals surface area contributed by atoms with E-state index in [-0.39, 0.29) is 65.4 Å². The fourth-order valence-corrected chi connectivity index (χ4v) is 9.34. The minimum absolute atomic E-state index is 0.0422. The molecule has 6 rings (SSSR count). The highest BCUT2D eigenvalue weighted by molar-refractivity contribution is 6.06. The van der Waals surface area contributed by atoms with Crippen molar-refractivity contribution in [3.8, 4) is 0 Å². The summed E-state index contributed by atoms with van der Waals surface area (Å²) in [6.45, 7) is 8.44. The number of fused-ring (bicyclic) bond motifs is 1. The zero-order valence-electron chi connectivity index (χ0n) is 19.8. The molecule has 4 fully saturated rings. The molecule has 1 aliphatic heterocycles. The number of allylic oxidation sites excluding steroid dienone is 2. The average Bonchev–Trinajstić information content (AvgIpc) is 3.00. The number of carbonyl (C=O) groups is 3. The first-order valence-corrected chi connectivity index (χ1v) is 12.4. The molecule has 2 N–H and O–H groups in total. The maximum atomic E-state index is 13.6. The van der Waals surface area contributed by atoms with Crippen molar-refractivity contribution in [2.24, 2.45) is 51.8 Å². The van der Waals surface area contributed by atoms with Gasteiger partial charge in [0.2, 0.25) is 11.8 Å². The third-order valence-corrected chi connectivity index (χ3v) is 10.6. The Hall–Kier alpha value is -1.69. The summed E-state index contributed by atoms with van der Waals surface area (Å²) in [7, 11) is 0. The van der Waals surface area contributed by atoms with E-state index in [4.69, 9.17) is 0 Å². The fourth-order valence-electron chi connectivity index (χ4n) is 9.34. The molecule has 5 aliphatic carbocycles. The van der Waals surface area contributed by atoms with Gasteiger partial charge in [-0.15, -0.1) is 0 Å². The first-order valence-electron chi connectivity index (χ1n) is 12.4. The Kier molecular flexibility index (Phi) is 4.78. The number of aliphatic carboxylic acids is 1. The van der Waals surface area contributed by atoms with Crippen molar-refractivity contribution in [2.75, 3.05) is 13.2 Å². The van der Waals surface area contributed by atoms with Crippen molar-refractivity contribution in [1.82, 2.24) is 4.90 Å². The number of hydrogen-bond donors (Lipinski definition) is 2. The summed E-state index contributed by atoms with van der Waals surface area (Å²) in [6.07, 6.45) is 7.42. The van der Waals surface area contributed by atoms with Gasteiger partial charge >= 0.3 is 5.97 Å². The number of likely N-dealkylation sites (tertiary alicyclic amines) is 1. The average molecular weight is 444 g/mol.